The van der Waals surface area contributed by atoms with E-state index in [1.165, 1.54) is 11.3 Å². The predicted molar refractivity (Wildman–Crippen MR) is 137 cm³/mol. The fourth-order valence-corrected chi connectivity index (χ4v) is 5.55. The Balaban J connectivity index is 1.86. The van der Waals surface area contributed by atoms with Crippen LogP contribution in [-0.4, -0.2) is 24.3 Å². The molecule has 0 aliphatic carbocycles. The van der Waals surface area contributed by atoms with Gasteiger partial charge in [-0.1, -0.05) is 72.0 Å². The number of fused-ring (bicyclic) bond motifs is 2. The zero-order valence-electron chi connectivity index (χ0n) is 19.6. The normalized spacial score (nSPS) is 15.6. The van der Waals surface area contributed by atoms with E-state index in [0.29, 0.717) is 26.4 Å². The number of hydrogen-bond acceptors (Lipinski definition) is 6. The highest BCUT2D eigenvalue weighted by Gasteiger charge is 2.36. The Labute approximate surface area is 206 Å². The molecule has 35 heavy (non-hydrogen) atoms. The molecule has 0 bridgehead atoms. The number of allylic oxidation sites excluding steroid dienone is 1. The topological polar surface area (TPSA) is 69.9 Å². The lowest BCUT2D eigenvalue weighted by atomic mass is 9.90. The molecule has 1 aliphatic heterocycles. The van der Waals surface area contributed by atoms with E-state index in [9.17, 15) is 9.59 Å². The van der Waals surface area contributed by atoms with Crippen molar-refractivity contribution in [2.24, 2.45) is 4.99 Å². The van der Waals surface area contributed by atoms with Crippen molar-refractivity contribution in [1.82, 2.24) is 4.57 Å². The minimum Gasteiger partial charge on any atom is -0.496 e. The van der Waals surface area contributed by atoms with E-state index in [2.05, 4.69) is 4.99 Å². The number of benzene rings is 3. The fourth-order valence-electron chi connectivity index (χ4n) is 4.50. The second kappa shape index (κ2) is 9.35. The van der Waals surface area contributed by atoms with E-state index < -0.39 is 12.0 Å². The lowest BCUT2D eigenvalue weighted by molar-refractivity contribution is -0.139. The van der Waals surface area contributed by atoms with Crippen molar-refractivity contribution in [3.63, 3.8) is 0 Å². The molecule has 5 rings (SSSR count). The van der Waals surface area contributed by atoms with E-state index in [-0.39, 0.29) is 12.2 Å². The van der Waals surface area contributed by atoms with Crippen LogP contribution in [-0.2, 0) is 9.53 Å². The van der Waals surface area contributed by atoms with Crippen molar-refractivity contribution in [1.29, 1.82) is 0 Å². The van der Waals surface area contributed by atoms with Gasteiger partial charge in [0.05, 0.1) is 29.5 Å². The molecule has 176 valence electrons. The van der Waals surface area contributed by atoms with Crippen molar-refractivity contribution in [2.75, 3.05) is 13.7 Å². The van der Waals surface area contributed by atoms with Gasteiger partial charge in [0, 0.05) is 5.56 Å². The maximum Gasteiger partial charge on any atom is 0.338 e. The van der Waals surface area contributed by atoms with Crippen LogP contribution in [0.5, 0.6) is 5.75 Å². The number of hydrogen-bond donors (Lipinski definition) is 0. The summed E-state index contributed by atoms with van der Waals surface area (Å²) in [5.74, 6) is 0.0916. The SMILES string of the molecule is CCOC(=O)C1=C(C)N=c2s/c(=C\c3ccccc3)c(=O)n2[C@H]1c1c(OC)ccc2ccccc12. The molecule has 0 unspecified atom stereocenters. The maximum atomic E-state index is 13.8. The van der Waals surface area contributed by atoms with Crippen LogP contribution in [0.2, 0.25) is 0 Å². The molecule has 0 spiro atoms. The molecule has 0 fully saturated rings. The largest absolute Gasteiger partial charge is 0.496 e. The number of aromatic nitrogens is 1. The van der Waals surface area contributed by atoms with Crippen LogP contribution in [0.15, 0.2) is 87.8 Å². The van der Waals surface area contributed by atoms with Crippen molar-refractivity contribution in [2.45, 2.75) is 19.9 Å². The molecular formula is C28H24N2O4S. The summed E-state index contributed by atoms with van der Waals surface area (Å²) in [5.41, 5.74) is 2.29. The van der Waals surface area contributed by atoms with Gasteiger partial charge in [0.1, 0.15) is 11.8 Å². The van der Waals surface area contributed by atoms with E-state index in [1.54, 1.807) is 25.5 Å². The highest BCUT2D eigenvalue weighted by molar-refractivity contribution is 7.07. The molecule has 1 atom stereocenters. The second-order valence-electron chi connectivity index (χ2n) is 8.12. The van der Waals surface area contributed by atoms with Gasteiger partial charge in [0.25, 0.3) is 5.56 Å². The Kier molecular flexibility index (Phi) is 6.09. The molecule has 7 heteroatoms. The number of nitrogens with zero attached hydrogens (tertiary/aromatic N) is 2. The first kappa shape index (κ1) is 22.8. The smallest absolute Gasteiger partial charge is 0.338 e. The standard InChI is InChI=1S/C28H24N2O4S/c1-4-34-27(32)23-17(2)29-28-30(26(31)22(35-28)16-18-10-6-5-7-11-18)25(23)24-20-13-9-8-12-19(20)14-15-21(24)33-3/h5-16,25H,4H2,1-3H3/b22-16-/t25-/m1/s1. The number of methoxy groups -OCH3 is 1. The van der Waals surface area contributed by atoms with Gasteiger partial charge in [-0.3, -0.25) is 9.36 Å². The molecule has 1 aromatic heterocycles. The molecule has 0 N–H and O–H groups in total. The van der Waals surface area contributed by atoms with Crippen LogP contribution in [0.4, 0.5) is 0 Å². The summed E-state index contributed by atoms with van der Waals surface area (Å²) in [5, 5.41) is 1.87. The first-order chi connectivity index (χ1) is 17.0. The van der Waals surface area contributed by atoms with Crippen LogP contribution in [0.25, 0.3) is 16.8 Å². The Morgan fingerprint density at radius 2 is 1.83 bits per heavy atom. The van der Waals surface area contributed by atoms with Gasteiger partial charge < -0.3 is 9.47 Å². The summed E-state index contributed by atoms with van der Waals surface area (Å²) in [4.78, 5) is 32.3. The van der Waals surface area contributed by atoms with Gasteiger partial charge in [0.15, 0.2) is 4.80 Å². The van der Waals surface area contributed by atoms with E-state index in [1.807, 2.05) is 72.8 Å². The number of ether oxygens (including phenoxy) is 2. The average molecular weight is 485 g/mol. The Bertz CT molecular complexity index is 1650. The number of rotatable bonds is 5. The second-order valence-corrected chi connectivity index (χ2v) is 9.12. The molecule has 0 saturated carbocycles. The van der Waals surface area contributed by atoms with Crippen molar-refractivity contribution in [3.05, 3.63) is 109 Å². The fraction of sp³-hybridized carbons (Fsp3) is 0.179. The molecule has 2 heterocycles. The monoisotopic (exact) mass is 484 g/mol. The van der Waals surface area contributed by atoms with Crippen molar-refractivity contribution < 1.29 is 14.3 Å². The summed E-state index contributed by atoms with van der Waals surface area (Å²) in [6.45, 7) is 3.76. The molecular weight excluding hydrogens is 460 g/mol. The van der Waals surface area contributed by atoms with E-state index >= 15 is 0 Å². The molecule has 0 radical (unpaired) electrons. The van der Waals surface area contributed by atoms with Crippen LogP contribution < -0.4 is 19.6 Å². The third-order valence-corrected chi connectivity index (χ3v) is 7.02. The van der Waals surface area contributed by atoms with Gasteiger partial charge in [-0.05, 0) is 42.3 Å². The Hall–Kier alpha value is -3.97. The van der Waals surface area contributed by atoms with E-state index in [4.69, 9.17) is 9.47 Å². The van der Waals surface area contributed by atoms with Gasteiger partial charge in [-0.15, -0.1) is 0 Å². The molecule has 0 saturated heterocycles. The van der Waals surface area contributed by atoms with Crippen LogP contribution >= 0.6 is 11.3 Å². The zero-order valence-corrected chi connectivity index (χ0v) is 20.5. The Morgan fingerprint density at radius 3 is 2.57 bits per heavy atom. The average Bonchev–Trinajstić information content (AvgIpc) is 3.17. The first-order valence-electron chi connectivity index (χ1n) is 11.3. The minimum absolute atomic E-state index is 0.216. The Morgan fingerprint density at radius 1 is 1.09 bits per heavy atom. The lowest BCUT2D eigenvalue weighted by Crippen LogP contribution is -2.40. The lowest BCUT2D eigenvalue weighted by Gasteiger charge is -2.27. The molecule has 0 amide bonds. The van der Waals surface area contributed by atoms with Crippen molar-refractivity contribution in [3.8, 4) is 5.75 Å². The van der Waals surface area contributed by atoms with Gasteiger partial charge >= 0.3 is 5.97 Å². The number of thiazole rings is 1. The predicted octanol–water partition coefficient (Wildman–Crippen LogP) is 3.96. The number of carbonyl (C=O) groups excluding carboxylic acids is 1. The highest BCUT2D eigenvalue weighted by atomic mass is 32.1. The van der Waals surface area contributed by atoms with Gasteiger partial charge in [-0.2, -0.15) is 0 Å². The van der Waals surface area contributed by atoms with Gasteiger partial charge in [0.2, 0.25) is 0 Å². The van der Waals surface area contributed by atoms with Crippen LogP contribution in [0, 0.1) is 0 Å². The minimum atomic E-state index is -0.746. The summed E-state index contributed by atoms with van der Waals surface area (Å²) in [7, 11) is 1.59. The highest BCUT2D eigenvalue weighted by Crippen LogP contribution is 2.40. The summed E-state index contributed by atoms with van der Waals surface area (Å²) >= 11 is 1.31. The first-order valence-corrected chi connectivity index (χ1v) is 12.2. The molecule has 3 aromatic carbocycles. The zero-order chi connectivity index (χ0) is 24.5. The molecule has 1 aliphatic rings. The third kappa shape index (κ3) is 3.98. The van der Waals surface area contributed by atoms with Crippen LogP contribution in [0.1, 0.15) is 31.0 Å². The summed E-state index contributed by atoms with van der Waals surface area (Å²) < 4.78 is 13.3. The van der Waals surface area contributed by atoms with Gasteiger partial charge in [-0.25, -0.2) is 9.79 Å². The maximum absolute atomic E-state index is 13.8. The quantitative estimate of drug-likeness (QED) is 0.402. The number of esters is 1. The third-order valence-electron chi connectivity index (χ3n) is 6.04. The summed E-state index contributed by atoms with van der Waals surface area (Å²) in [6, 6.07) is 20.6. The van der Waals surface area contributed by atoms with E-state index in [0.717, 1.165) is 21.9 Å². The molecule has 4 aromatic rings. The van der Waals surface area contributed by atoms with Crippen molar-refractivity contribution >= 4 is 34.2 Å². The molecule has 6 nitrogen and oxygen atoms in total. The summed E-state index contributed by atoms with van der Waals surface area (Å²) in [6.07, 6.45) is 1.85. The number of carbonyl (C=O) groups is 1. The van der Waals surface area contributed by atoms with Crippen LogP contribution in [0.3, 0.4) is 0 Å².